The van der Waals surface area contributed by atoms with Gasteiger partial charge < -0.3 is 0 Å². The second-order valence-electron chi connectivity index (χ2n) is 3.73. The van der Waals surface area contributed by atoms with E-state index in [-0.39, 0.29) is 5.82 Å². The minimum Gasteiger partial charge on any atom is -0.206 e. The molecule has 0 bridgehead atoms. The van der Waals surface area contributed by atoms with Crippen LogP contribution in [0.15, 0.2) is 28.7 Å². The van der Waals surface area contributed by atoms with Crippen LogP contribution in [0.3, 0.4) is 0 Å². The zero-order valence-corrected chi connectivity index (χ0v) is 10.4. The summed E-state index contributed by atoms with van der Waals surface area (Å²) in [7, 11) is 0. The molecular weight excluding hydrogens is 255 g/mol. The molecule has 2 heteroatoms. The Morgan fingerprint density at radius 2 is 1.93 bits per heavy atom. The largest absolute Gasteiger partial charge is 0.206 e. The highest BCUT2D eigenvalue weighted by Gasteiger charge is 2.07. The first-order valence-corrected chi connectivity index (χ1v) is 5.80. The van der Waals surface area contributed by atoms with E-state index in [4.69, 9.17) is 0 Å². The van der Waals surface area contributed by atoms with E-state index < -0.39 is 0 Å². The number of benzene rings is 2. The fraction of sp³-hybridized carbons (Fsp3) is 0.231. The summed E-state index contributed by atoms with van der Waals surface area (Å²) in [6.07, 6.45) is 0.950. The van der Waals surface area contributed by atoms with Crippen LogP contribution < -0.4 is 0 Å². The Kier molecular flexibility index (Phi) is 2.79. The van der Waals surface area contributed by atoms with E-state index in [9.17, 15) is 4.39 Å². The molecule has 2 rings (SSSR count). The molecule has 0 nitrogen and oxygen atoms in total. The lowest BCUT2D eigenvalue weighted by molar-refractivity contribution is 0.638. The Morgan fingerprint density at radius 1 is 1.20 bits per heavy atom. The molecule has 2 aromatic carbocycles. The molecule has 0 amide bonds. The standard InChI is InChI=1S/C13H12BrF/c1-3-9-4-5-10-11(13(9)14)6-8(2)7-12(10)15/h4-7H,3H2,1-2H3. The lowest BCUT2D eigenvalue weighted by atomic mass is 10.0. The van der Waals surface area contributed by atoms with Crippen LogP contribution in [0.25, 0.3) is 10.8 Å². The van der Waals surface area contributed by atoms with Gasteiger partial charge in [0.15, 0.2) is 0 Å². The first-order chi connectivity index (χ1) is 7.13. The normalized spacial score (nSPS) is 10.9. The zero-order valence-electron chi connectivity index (χ0n) is 8.77. The minimum absolute atomic E-state index is 0.145. The van der Waals surface area contributed by atoms with Crippen molar-refractivity contribution in [1.82, 2.24) is 0 Å². The van der Waals surface area contributed by atoms with Crippen LogP contribution in [0, 0.1) is 12.7 Å². The highest BCUT2D eigenvalue weighted by atomic mass is 79.9. The first kappa shape index (κ1) is 10.6. The van der Waals surface area contributed by atoms with E-state index >= 15 is 0 Å². The molecule has 0 aromatic heterocycles. The van der Waals surface area contributed by atoms with Gasteiger partial charge in [-0.3, -0.25) is 0 Å². The molecule has 0 spiro atoms. The molecule has 0 aliphatic heterocycles. The number of hydrogen-bond acceptors (Lipinski definition) is 0. The molecule has 0 N–H and O–H groups in total. The summed E-state index contributed by atoms with van der Waals surface area (Å²) >= 11 is 3.54. The molecule has 0 fully saturated rings. The number of fused-ring (bicyclic) bond motifs is 1. The third-order valence-electron chi connectivity index (χ3n) is 2.62. The second-order valence-corrected chi connectivity index (χ2v) is 4.53. The summed E-state index contributed by atoms with van der Waals surface area (Å²) in [6.45, 7) is 4.01. The molecule has 15 heavy (non-hydrogen) atoms. The molecule has 0 aliphatic rings. The van der Waals surface area contributed by atoms with Gasteiger partial charge in [0, 0.05) is 9.86 Å². The van der Waals surface area contributed by atoms with Crippen molar-refractivity contribution in [1.29, 1.82) is 0 Å². The molecule has 0 radical (unpaired) electrons. The van der Waals surface area contributed by atoms with E-state index in [2.05, 4.69) is 22.9 Å². The summed E-state index contributed by atoms with van der Waals surface area (Å²) in [5.74, 6) is -0.145. The SMILES string of the molecule is CCc1ccc2c(F)cc(C)cc2c1Br. The van der Waals surface area contributed by atoms with Crippen LogP contribution in [0.2, 0.25) is 0 Å². The third kappa shape index (κ3) is 1.78. The van der Waals surface area contributed by atoms with Gasteiger partial charge in [-0.1, -0.05) is 25.1 Å². The number of aryl methyl sites for hydroxylation is 2. The quantitative estimate of drug-likeness (QED) is 0.707. The molecule has 2 aromatic rings. The minimum atomic E-state index is -0.145. The van der Waals surface area contributed by atoms with Gasteiger partial charge in [0.25, 0.3) is 0 Å². The van der Waals surface area contributed by atoms with Crippen molar-refractivity contribution in [3.63, 3.8) is 0 Å². The smallest absolute Gasteiger partial charge is 0.131 e. The molecule has 0 aliphatic carbocycles. The van der Waals surface area contributed by atoms with Gasteiger partial charge >= 0.3 is 0 Å². The number of rotatable bonds is 1. The van der Waals surface area contributed by atoms with Crippen LogP contribution in [0.4, 0.5) is 4.39 Å². The van der Waals surface area contributed by atoms with Gasteiger partial charge in [-0.15, -0.1) is 0 Å². The predicted octanol–water partition coefficient (Wildman–Crippen LogP) is 4.61. The van der Waals surface area contributed by atoms with Crippen molar-refractivity contribution in [2.75, 3.05) is 0 Å². The third-order valence-corrected chi connectivity index (χ3v) is 3.56. The van der Waals surface area contributed by atoms with E-state index in [0.717, 1.165) is 21.8 Å². The van der Waals surface area contributed by atoms with E-state index in [1.807, 2.05) is 25.1 Å². The van der Waals surface area contributed by atoms with Gasteiger partial charge in [0.2, 0.25) is 0 Å². The maximum atomic E-state index is 13.6. The summed E-state index contributed by atoms with van der Waals surface area (Å²) in [4.78, 5) is 0. The van der Waals surface area contributed by atoms with Gasteiger partial charge in [-0.25, -0.2) is 4.39 Å². The van der Waals surface area contributed by atoms with Gasteiger partial charge in [0.05, 0.1) is 0 Å². The summed E-state index contributed by atoms with van der Waals surface area (Å²) in [5, 5.41) is 1.65. The van der Waals surface area contributed by atoms with Gasteiger partial charge in [0.1, 0.15) is 5.82 Å². The van der Waals surface area contributed by atoms with Crippen molar-refractivity contribution >= 4 is 26.7 Å². The topological polar surface area (TPSA) is 0 Å². The summed E-state index contributed by atoms with van der Waals surface area (Å²) < 4.78 is 14.7. The lowest BCUT2D eigenvalue weighted by Crippen LogP contribution is -1.88. The maximum absolute atomic E-state index is 13.6. The van der Waals surface area contributed by atoms with Gasteiger partial charge in [-0.2, -0.15) is 0 Å². The molecule has 0 saturated heterocycles. The Balaban J connectivity index is 2.86. The first-order valence-electron chi connectivity index (χ1n) is 5.00. The molecule has 0 atom stereocenters. The van der Waals surface area contributed by atoms with Crippen molar-refractivity contribution in [3.05, 3.63) is 45.7 Å². The van der Waals surface area contributed by atoms with Crippen LogP contribution >= 0.6 is 15.9 Å². The average molecular weight is 267 g/mol. The summed E-state index contributed by atoms with van der Waals surface area (Å²) in [5.41, 5.74) is 2.17. The van der Waals surface area contributed by atoms with Crippen LogP contribution in [0.5, 0.6) is 0 Å². The highest BCUT2D eigenvalue weighted by Crippen LogP contribution is 2.30. The zero-order chi connectivity index (χ0) is 11.0. The molecular formula is C13H12BrF. The lowest BCUT2D eigenvalue weighted by Gasteiger charge is -2.08. The number of halogens is 2. The highest BCUT2D eigenvalue weighted by molar-refractivity contribution is 9.10. The van der Waals surface area contributed by atoms with Crippen molar-refractivity contribution in [2.45, 2.75) is 20.3 Å². The predicted molar refractivity (Wildman–Crippen MR) is 65.7 cm³/mol. The van der Waals surface area contributed by atoms with Crippen molar-refractivity contribution in [2.24, 2.45) is 0 Å². The van der Waals surface area contributed by atoms with Gasteiger partial charge in [-0.05, 0) is 51.9 Å². The average Bonchev–Trinajstić information content (AvgIpc) is 2.19. The monoisotopic (exact) mass is 266 g/mol. The Morgan fingerprint density at radius 3 is 2.60 bits per heavy atom. The van der Waals surface area contributed by atoms with Crippen LogP contribution in [-0.2, 0) is 6.42 Å². The van der Waals surface area contributed by atoms with Crippen LogP contribution in [0.1, 0.15) is 18.1 Å². The van der Waals surface area contributed by atoms with E-state index in [1.165, 1.54) is 5.56 Å². The number of hydrogen-bond donors (Lipinski definition) is 0. The van der Waals surface area contributed by atoms with Crippen LogP contribution in [-0.4, -0.2) is 0 Å². The molecule has 0 unspecified atom stereocenters. The van der Waals surface area contributed by atoms with Crippen molar-refractivity contribution < 1.29 is 4.39 Å². The molecule has 0 heterocycles. The van der Waals surface area contributed by atoms with E-state index in [1.54, 1.807) is 6.07 Å². The van der Waals surface area contributed by atoms with E-state index in [0.29, 0.717) is 5.39 Å². The fourth-order valence-corrected chi connectivity index (χ4v) is 2.55. The summed E-state index contributed by atoms with van der Waals surface area (Å²) in [6, 6.07) is 7.42. The Bertz CT molecular complexity index is 517. The fourth-order valence-electron chi connectivity index (χ4n) is 1.81. The molecule has 0 saturated carbocycles. The Labute approximate surface area is 97.2 Å². The molecule has 78 valence electrons. The Hall–Kier alpha value is -0.890. The van der Waals surface area contributed by atoms with Crippen molar-refractivity contribution in [3.8, 4) is 0 Å². The second kappa shape index (κ2) is 3.93. The maximum Gasteiger partial charge on any atom is 0.131 e.